The molecule has 0 bridgehead atoms. The van der Waals surface area contributed by atoms with Crippen molar-refractivity contribution >= 4 is 18.3 Å². The number of carbonyl (C=O) groups is 1. The minimum atomic E-state index is -0.235. The molecule has 0 aliphatic heterocycles. The number of halogens is 2. The minimum absolute atomic E-state index is 0. The predicted octanol–water partition coefficient (Wildman–Crippen LogP) is 2.86. The molecule has 0 heterocycles. The van der Waals surface area contributed by atoms with Crippen LogP contribution in [0.25, 0.3) is 0 Å². The Morgan fingerprint density at radius 1 is 1.45 bits per heavy atom. The molecule has 1 aromatic rings. The highest BCUT2D eigenvalue weighted by atomic mass is 35.5. The number of aryl methyl sites for hydroxylation is 1. The van der Waals surface area contributed by atoms with Gasteiger partial charge in [0.1, 0.15) is 5.82 Å². The van der Waals surface area contributed by atoms with E-state index in [2.05, 4.69) is 5.32 Å². The lowest BCUT2D eigenvalue weighted by Gasteiger charge is -2.18. The average molecular weight is 301 g/mol. The second-order valence-corrected chi connectivity index (χ2v) is 5.51. The Kier molecular flexibility index (Phi) is 5.96. The lowest BCUT2D eigenvalue weighted by Crippen LogP contribution is -2.32. The Labute approximate surface area is 125 Å². The first-order valence-corrected chi connectivity index (χ1v) is 6.79. The van der Waals surface area contributed by atoms with Gasteiger partial charge in [0.15, 0.2) is 0 Å². The van der Waals surface area contributed by atoms with E-state index in [1.165, 1.54) is 6.07 Å². The van der Waals surface area contributed by atoms with Gasteiger partial charge in [-0.2, -0.15) is 0 Å². The molecule has 0 radical (unpaired) electrons. The topological polar surface area (TPSA) is 55.1 Å². The zero-order valence-corrected chi connectivity index (χ0v) is 12.7. The first-order valence-electron chi connectivity index (χ1n) is 6.79. The Hall–Kier alpha value is -1.13. The summed E-state index contributed by atoms with van der Waals surface area (Å²) in [5.74, 6) is -0.198. The number of carbonyl (C=O) groups excluding carboxylic acids is 1. The van der Waals surface area contributed by atoms with Gasteiger partial charge >= 0.3 is 0 Å². The summed E-state index contributed by atoms with van der Waals surface area (Å²) in [5.41, 5.74) is 7.22. The van der Waals surface area contributed by atoms with Crippen molar-refractivity contribution in [1.82, 2.24) is 5.32 Å². The lowest BCUT2D eigenvalue weighted by molar-refractivity contribution is -0.125. The molecular weight excluding hydrogens is 279 g/mol. The van der Waals surface area contributed by atoms with Crippen LogP contribution in [0.15, 0.2) is 18.2 Å². The molecule has 0 aromatic heterocycles. The van der Waals surface area contributed by atoms with Crippen molar-refractivity contribution in [3.05, 3.63) is 35.1 Å². The molecule has 1 saturated carbocycles. The van der Waals surface area contributed by atoms with E-state index in [0.717, 1.165) is 24.8 Å². The molecule has 20 heavy (non-hydrogen) atoms. The summed E-state index contributed by atoms with van der Waals surface area (Å²) < 4.78 is 13.5. The normalized spacial score (nSPS) is 23.0. The van der Waals surface area contributed by atoms with E-state index in [0.29, 0.717) is 5.56 Å². The van der Waals surface area contributed by atoms with Crippen molar-refractivity contribution in [2.75, 3.05) is 0 Å². The van der Waals surface area contributed by atoms with Gasteiger partial charge in [-0.15, -0.1) is 12.4 Å². The van der Waals surface area contributed by atoms with Crippen LogP contribution < -0.4 is 11.1 Å². The van der Waals surface area contributed by atoms with E-state index < -0.39 is 0 Å². The van der Waals surface area contributed by atoms with Gasteiger partial charge in [0.2, 0.25) is 5.91 Å². The molecule has 1 aliphatic rings. The van der Waals surface area contributed by atoms with Gasteiger partial charge in [0.25, 0.3) is 0 Å². The zero-order chi connectivity index (χ0) is 14.0. The fraction of sp³-hybridized carbons (Fsp3) is 0.533. The number of nitrogens with two attached hydrogens (primary N) is 1. The van der Waals surface area contributed by atoms with Crippen LogP contribution >= 0.6 is 12.4 Å². The number of benzene rings is 1. The quantitative estimate of drug-likeness (QED) is 0.902. The predicted molar refractivity (Wildman–Crippen MR) is 80.3 cm³/mol. The number of hydrogen-bond donors (Lipinski definition) is 2. The van der Waals surface area contributed by atoms with Crippen molar-refractivity contribution in [2.45, 2.75) is 45.2 Å². The third-order valence-corrected chi connectivity index (χ3v) is 3.90. The fourth-order valence-electron chi connectivity index (χ4n) is 2.55. The Morgan fingerprint density at radius 2 is 2.15 bits per heavy atom. The van der Waals surface area contributed by atoms with E-state index in [1.807, 2.05) is 13.0 Å². The van der Waals surface area contributed by atoms with E-state index in [4.69, 9.17) is 5.73 Å². The first-order chi connectivity index (χ1) is 8.97. The molecule has 3 atom stereocenters. The maximum Gasteiger partial charge on any atom is 0.223 e. The maximum atomic E-state index is 13.5. The van der Waals surface area contributed by atoms with Crippen LogP contribution in [0.4, 0.5) is 4.39 Å². The lowest BCUT2D eigenvalue weighted by atomic mass is 10.0. The third-order valence-electron chi connectivity index (χ3n) is 3.90. The van der Waals surface area contributed by atoms with E-state index in [1.54, 1.807) is 13.0 Å². The summed E-state index contributed by atoms with van der Waals surface area (Å²) in [6.45, 7) is 3.60. The molecule has 5 heteroatoms. The highest BCUT2D eigenvalue weighted by Crippen LogP contribution is 2.25. The fourth-order valence-corrected chi connectivity index (χ4v) is 2.55. The summed E-state index contributed by atoms with van der Waals surface area (Å²) in [7, 11) is 0. The second kappa shape index (κ2) is 7.04. The van der Waals surface area contributed by atoms with Crippen molar-refractivity contribution in [3.8, 4) is 0 Å². The molecule has 1 amide bonds. The minimum Gasteiger partial charge on any atom is -0.349 e. The van der Waals surface area contributed by atoms with Gasteiger partial charge in [0, 0.05) is 12.0 Å². The Balaban J connectivity index is 0.00000200. The zero-order valence-electron chi connectivity index (χ0n) is 11.9. The van der Waals surface area contributed by atoms with Gasteiger partial charge in [-0.25, -0.2) is 4.39 Å². The molecule has 3 unspecified atom stereocenters. The summed E-state index contributed by atoms with van der Waals surface area (Å²) in [5, 5.41) is 2.94. The SMILES string of the molecule is Cc1ccc(C(C)NC(=O)C2CCC(N)C2)cc1F.Cl. The van der Waals surface area contributed by atoms with Crippen LogP contribution in [-0.4, -0.2) is 11.9 Å². The Bertz CT molecular complexity index is 481. The van der Waals surface area contributed by atoms with Gasteiger partial charge in [-0.1, -0.05) is 12.1 Å². The first kappa shape index (κ1) is 16.9. The largest absolute Gasteiger partial charge is 0.349 e. The summed E-state index contributed by atoms with van der Waals surface area (Å²) >= 11 is 0. The molecule has 112 valence electrons. The molecule has 1 aliphatic carbocycles. The van der Waals surface area contributed by atoms with Crippen LogP contribution in [0.2, 0.25) is 0 Å². The molecule has 3 N–H and O–H groups in total. The molecule has 0 spiro atoms. The highest BCUT2D eigenvalue weighted by Gasteiger charge is 2.28. The molecule has 1 aromatic carbocycles. The summed E-state index contributed by atoms with van der Waals surface area (Å²) in [6.07, 6.45) is 2.51. The van der Waals surface area contributed by atoms with Gasteiger partial charge in [-0.3, -0.25) is 4.79 Å². The number of rotatable bonds is 3. The second-order valence-electron chi connectivity index (χ2n) is 5.51. The van der Waals surface area contributed by atoms with Crippen LogP contribution in [0.1, 0.15) is 43.4 Å². The van der Waals surface area contributed by atoms with Crippen LogP contribution in [0.5, 0.6) is 0 Å². The van der Waals surface area contributed by atoms with Crippen LogP contribution in [0, 0.1) is 18.7 Å². The smallest absolute Gasteiger partial charge is 0.223 e. The number of hydrogen-bond acceptors (Lipinski definition) is 2. The van der Waals surface area contributed by atoms with Crippen LogP contribution in [-0.2, 0) is 4.79 Å². The molecule has 0 saturated heterocycles. The van der Waals surface area contributed by atoms with Crippen molar-refractivity contribution in [2.24, 2.45) is 11.7 Å². The number of amides is 1. The van der Waals surface area contributed by atoms with Crippen molar-refractivity contribution in [1.29, 1.82) is 0 Å². The maximum absolute atomic E-state index is 13.5. The van der Waals surface area contributed by atoms with Crippen molar-refractivity contribution in [3.63, 3.8) is 0 Å². The highest BCUT2D eigenvalue weighted by molar-refractivity contribution is 5.85. The van der Waals surface area contributed by atoms with E-state index in [-0.39, 0.29) is 42.1 Å². The van der Waals surface area contributed by atoms with E-state index in [9.17, 15) is 9.18 Å². The van der Waals surface area contributed by atoms with Crippen LogP contribution in [0.3, 0.4) is 0 Å². The summed E-state index contributed by atoms with van der Waals surface area (Å²) in [4.78, 5) is 12.1. The molecule has 1 fully saturated rings. The van der Waals surface area contributed by atoms with Gasteiger partial charge < -0.3 is 11.1 Å². The standard InChI is InChI=1S/C15H21FN2O.ClH/c1-9-3-4-11(8-14(9)16)10(2)18-15(19)12-5-6-13(17)7-12;/h3-4,8,10,12-13H,5-7,17H2,1-2H3,(H,18,19);1H. The third kappa shape index (κ3) is 3.93. The molecule has 3 nitrogen and oxygen atoms in total. The molecular formula is C15H22ClFN2O. The van der Waals surface area contributed by atoms with E-state index >= 15 is 0 Å². The monoisotopic (exact) mass is 300 g/mol. The van der Waals surface area contributed by atoms with Crippen molar-refractivity contribution < 1.29 is 9.18 Å². The molecule has 2 rings (SSSR count). The average Bonchev–Trinajstić information content (AvgIpc) is 2.79. The van der Waals surface area contributed by atoms with Gasteiger partial charge in [-0.05, 0) is 50.3 Å². The summed E-state index contributed by atoms with van der Waals surface area (Å²) in [6, 6.07) is 5.03. The number of nitrogens with one attached hydrogen (secondary N) is 1. The Morgan fingerprint density at radius 3 is 2.70 bits per heavy atom. The van der Waals surface area contributed by atoms with Gasteiger partial charge in [0.05, 0.1) is 6.04 Å².